The molecule has 0 aliphatic rings. The number of aryl methyl sites for hydroxylation is 1. The maximum Gasteiger partial charge on any atom is 0.220 e. The van der Waals surface area contributed by atoms with E-state index in [4.69, 9.17) is 0 Å². The Hall–Kier alpha value is -1.58. The van der Waals surface area contributed by atoms with Gasteiger partial charge in [0.1, 0.15) is 5.82 Å². The molecule has 0 spiro atoms. The van der Waals surface area contributed by atoms with Crippen LogP contribution in [0.25, 0.3) is 0 Å². The zero-order valence-corrected chi connectivity index (χ0v) is 11.6. The van der Waals surface area contributed by atoms with Gasteiger partial charge in [0, 0.05) is 32.3 Å². The van der Waals surface area contributed by atoms with Crippen molar-refractivity contribution in [2.45, 2.75) is 33.6 Å². The molecule has 0 aromatic carbocycles. The van der Waals surface area contributed by atoms with Gasteiger partial charge in [-0.3, -0.25) is 4.79 Å². The molecule has 1 heterocycles. The lowest BCUT2D eigenvalue weighted by Crippen LogP contribution is -2.24. The molecule has 1 amide bonds. The van der Waals surface area contributed by atoms with Crippen LogP contribution in [0, 0.1) is 0 Å². The second kappa shape index (κ2) is 7.69. The van der Waals surface area contributed by atoms with Crippen LogP contribution in [0.4, 0.5) is 5.82 Å². The Bertz CT molecular complexity index is 375. The largest absolute Gasteiger partial charge is 0.357 e. The Morgan fingerprint density at radius 3 is 2.67 bits per heavy atom. The number of anilines is 1. The summed E-state index contributed by atoms with van der Waals surface area (Å²) in [5, 5.41) is 2.81. The fraction of sp³-hybridized carbons (Fsp3) is 0.571. The molecule has 18 heavy (non-hydrogen) atoms. The average Bonchev–Trinajstić information content (AvgIpc) is 2.39. The first-order chi connectivity index (χ1) is 8.71. The van der Waals surface area contributed by atoms with Gasteiger partial charge in [0.05, 0.1) is 0 Å². The van der Waals surface area contributed by atoms with Gasteiger partial charge in [-0.2, -0.15) is 0 Å². The Morgan fingerprint density at radius 2 is 2.06 bits per heavy atom. The summed E-state index contributed by atoms with van der Waals surface area (Å²) in [4.78, 5) is 18.0. The Labute approximate surface area is 109 Å². The van der Waals surface area contributed by atoms with Gasteiger partial charge in [0.2, 0.25) is 5.91 Å². The van der Waals surface area contributed by atoms with E-state index in [1.807, 2.05) is 19.2 Å². The van der Waals surface area contributed by atoms with Crippen LogP contribution in [0.2, 0.25) is 0 Å². The van der Waals surface area contributed by atoms with Gasteiger partial charge in [-0.25, -0.2) is 4.98 Å². The molecule has 1 aromatic rings. The summed E-state index contributed by atoms with van der Waals surface area (Å²) >= 11 is 0. The lowest BCUT2D eigenvalue weighted by molar-refractivity contribution is -0.120. The summed E-state index contributed by atoms with van der Waals surface area (Å²) in [5.74, 6) is 1.10. The number of rotatable bonds is 7. The first-order valence-corrected chi connectivity index (χ1v) is 6.67. The topological polar surface area (TPSA) is 45.2 Å². The normalized spacial score (nSPS) is 10.2. The van der Waals surface area contributed by atoms with Crippen molar-refractivity contribution < 1.29 is 4.79 Å². The third-order valence-corrected chi connectivity index (χ3v) is 2.91. The Kier molecular flexibility index (Phi) is 6.19. The zero-order chi connectivity index (χ0) is 13.4. The number of hydrogen-bond donors (Lipinski definition) is 1. The molecule has 0 unspecified atom stereocenters. The highest BCUT2D eigenvalue weighted by Gasteiger charge is 2.05. The van der Waals surface area contributed by atoms with E-state index < -0.39 is 0 Å². The van der Waals surface area contributed by atoms with Crippen LogP contribution in [0.15, 0.2) is 18.3 Å². The Balaban J connectivity index is 2.62. The lowest BCUT2D eigenvalue weighted by atomic mass is 10.1. The fourth-order valence-electron chi connectivity index (χ4n) is 1.88. The molecular weight excluding hydrogens is 226 g/mol. The molecular formula is C14H23N3O. The van der Waals surface area contributed by atoms with E-state index in [0.717, 1.165) is 30.9 Å². The maximum atomic E-state index is 11.4. The third-order valence-electron chi connectivity index (χ3n) is 2.91. The fourth-order valence-corrected chi connectivity index (χ4v) is 1.88. The van der Waals surface area contributed by atoms with E-state index in [0.29, 0.717) is 13.0 Å². The van der Waals surface area contributed by atoms with Gasteiger partial charge < -0.3 is 10.2 Å². The van der Waals surface area contributed by atoms with E-state index in [1.165, 1.54) is 0 Å². The second-order valence-corrected chi connectivity index (χ2v) is 4.15. The predicted octanol–water partition coefficient (Wildman–Crippen LogP) is 2.00. The van der Waals surface area contributed by atoms with Crippen molar-refractivity contribution in [2.24, 2.45) is 0 Å². The standard InChI is InChI=1S/C14H23N3O/c1-4-15-14(18)8-7-12-9-10-16-13(11-12)17(5-2)6-3/h9-11H,4-8H2,1-3H3,(H,15,18). The molecule has 4 nitrogen and oxygen atoms in total. The monoisotopic (exact) mass is 249 g/mol. The van der Waals surface area contributed by atoms with Crippen molar-refractivity contribution in [3.8, 4) is 0 Å². The van der Waals surface area contributed by atoms with Crippen molar-refractivity contribution >= 4 is 11.7 Å². The van der Waals surface area contributed by atoms with E-state index in [1.54, 1.807) is 0 Å². The smallest absolute Gasteiger partial charge is 0.220 e. The molecule has 0 bridgehead atoms. The number of amides is 1. The van der Waals surface area contributed by atoms with Crippen LogP contribution in [-0.4, -0.2) is 30.5 Å². The summed E-state index contributed by atoms with van der Waals surface area (Å²) in [5.41, 5.74) is 1.16. The van der Waals surface area contributed by atoms with Gasteiger partial charge in [-0.05, 0) is 44.9 Å². The summed E-state index contributed by atoms with van der Waals surface area (Å²) in [6.07, 6.45) is 3.12. The van der Waals surface area contributed by atoms with E-state index >= 15 is 0 Å². The molecule has 0 saturated heterocycles. The average molecular weight is 249 g/mol. The highest BCUT2D eigenvalue weighted by Crippen LogP contribution is 2.13. The molecule has 0 radical (unpaired) electrons. The first kappa shape index (κ1) is 14.5. The van der Waals surface area contributed by atoms with Crippen LogP contribution in [0.1, 0.15) is 32.8 Å². The number of pyridine rings is 1. The number of hydrogen-bond acceptors (Lipinski definition) is 3. The molecule has 0 saturated carbocycles. The summed E-state index contributed by atoms with van der Waals surface area (Å²) in [7, 11) is 0. The SMILES string of the molecule is CCNC(=O)CCc1ccnc(N(CC)CC)c1. The molecule has 0 atom stereocenters. The molecule has 0 aliphatic heterocycles. The first-order valence-electron chi connectivity index (χ1n) is 6.67. The number of aromatic nitrogens is 1. The van der Waals surface area contributed by atoms with Crippen LogP contribution in [0.5, 0.6) is 0 Å². The van der Waals surface area contributed by atoms with Gasteiger partial charge in [0.15, 0.2) is 0 Å². The van der Waals surface area contributed by atoms with Crippen LogP contribution in [-0.2, 0) is 11.2 Å². The molecule has 0 aliphatic carbocycles. The summed E-state index contributed by atoms with van der Waals surface area (Å²) in [6.45, 7) is 8.76. The van der Waals surface area contributed by atoms with Crippen molar-refractivity contribution in [2.75, 3.05) is 24.5 Å². The highest BCUT2D eigenvalue weighted by atomic mass is 16.1. The highest BCUT2D eigenvalue weighted by molar-refractivity contribution is 5.76. The lowest BCUT2D eigenvalue weighted by Gasteiger charge is -2.20. The van der Waals surface area contributed by atoms with Gasteiger partial charge in [0.25, 0.3) is 0 Å². The van der Waals surface area contributed by atoms with E-state index in [9.17, 15) is 4.79 Å². The van der Waals surface area contributed by atoms with E-state index in [-0.39, 0.29) is 5.91 Å². The van der Waals surface area contributed by atoms with Crippen LogP contribution >= 0.6 is 0 Å². The number of carbonyl (C=O) groups is 1. The van der Waals surface area contributed by atoms with Crippen molar-refractivity contribution in [1.82, 2.24) is 10.3 Å². The molecule has 0 fully saturated rings. The van der Waals surface area contributed by atoms with Gasteiger partial charge in [-0.15, -0.1) is 0 Å². The number of nitrogens with one attached hydrogen (secondary N) is 1. The molecule has 4 heteroatoms. The summed E-state index contributed by atoms with van der Waals surface area (Å²) < 4.78 is 0. The maximum absolute atomic E-state index is 11.4. The molecule has 100 valence electrons. The van der Waals surface area contributed by atoms with Crippen molar-refractivity contribution in [3.05, 3.63) is 23.9 Å². The molecule has 1 aromatic heterocycles. The van der Waals surface area contributed by atoms with Crippen LogP contribution < -0.4 is 10.2 Å². The quantitative estimate of drug-likeness (QED) is 0.804. The second-order valence-electron chi connectivity index (χ2n) is 4.15. The molecule has 1 N–H and O–H groups in total. The zero-order valence-electron chi connectivity index (χ0n) is 11.6. The summed E-state index contributed by atoms with van der Waals surface area (Å²) in [6, 6.07) is 4.05. The Morgan fingerprint density at radius 1 is 1.33 bits per heavy atom. The van der Waals surface area contributed by atoms with Crippen molar-refractivity contribution in [3.63, 3.8) is 0 Å². The number of nitrogens with zero attached hydrogens (tertiary/aromatic N) is 2. The van der Waals surface area contributed by atoms with E-state index in [2.05, 4.69) is 35.1 Å². The predicted molar refractivity (Wildman–Crippen MR) is 74.8 cm³/mol. The minimum atomic E-state index is 0.110. The minimum Gasteiger partial charge on any atom is -0.357 e. The third kappa shape index (κ3) is 4.35. The van der Waals surface area contributed by atoms with Gasteiger partial charge >= 0.3 is 0 Å². The molecule has 1 rings (SSSR count). The van der Waals surface area contributed by atoms with Crippen molar-refractivity contribution in [1.29, 1.82) is 0 Å². The number of carbonyl (C=O) groups excluding carboxylic acids is 1. The minimum absolute atomic E-state index is 0.110. The van der Waals surface area contributed by atoms with Gasteiger partial charge in [-0.1, -0.05) is 0 Å². The van der Waals surface area contributed by atoms with Crippen LogP contribution in [0.3, 0.4) is 0 Å².